The summed E-state index contributed by atoms with van der Waals surface area (Å²) in [6, 6.07) is 4.16. The van der Waals surface area contributed by atoms with Crippen molar-refractivity contribution in [2.45, 2.75) is 57.5 Å². The van der Waals surface area contributed by atoms with Crippen LogP contribution in [-0.4, -0.2) is 39.0 Å². The maximum Gasteiger partial charge on any atom is 0.410 e. The molecule has 0 aromatic carbocycles. The average Bonchev–Trinajstić information content (AvgIpc) is 3.15. The summed E-state index contributed by atoms with van der Waals surface area (Å²) in [5, 5.41) is 0. The monoisotopic (exact) mass is 494 g/mol. The Morgan fingerprint density at radius 3 is 2.61 bits per heavy atom. The van der Waals surface area contributed by atoms with Crippen molar-refractivity contribution in [1.82, 2.24) is 9.88 Å². The molecule has 0 N–H and O–H groups in total. The Kier molecular flexibility index (Phi) is 4.68. The quantitative estimate of drug-likeness (QED) is 0.460. The third-order valence-electron chi connectivity index (χ3n) is 7.64. The zero-order valence-corrected chi connectivity index (χ0v) is 18.4. The number of likely N-dealkylation sites (tertiary alicyclic amines) is 1. The number of ether oxygens (including phenoxy) is 1. The average molecular weight is 494 g/mol. The van der Waals surface area contributed by atoms with Crippen LogP contribution in [0, 0.1) is 30.1 Å². The molecule has 1 amide bonds. The Balaban J connectivity index is 1.23. The van der Waals surface area contributed by atoms with Gasteiger partial charge in [0, 0.05) is 58.9 Å². The highest BCUT2D eigenvalue weighted by Crippen LogP contribution is 2.61. The van der Waals surface area contributed by atoms with Crippen LogP contribution in [-0.2, 0) is 9.53 Å². The van der Waals surface area contributed by atoms with Gasteiger partial charge in [-0.1, -0.05) is 6.07 Å². The molecule has 3 unspecified atom stereocenters. The van der Waals surface area contributed by atoms with Crippen LogP contribution in [0.3, 0.4) is 0 Å². The van der Waals surface area contributed by atoms with Crippen LogP contribution in [0.2, 0.25) is 0 Å². The number of rotatable bonds is 3. The summed E-state index contributed by atoms with van der Waals surface area (Å²) in [7, 11) is 0. The molecule has 1 aromatic heterocycles. The summed E-state index contributed by atoms with van der Waals surface area (Å²) in [5.74, 6) is 1.68. The van der Waals surface area contributed by atoms with Gasteiger partial charge in [-0.25, -0.2) is 4.79 Å². The molecule has 4 saturated carbocycles. The van der Waals surface area contributed by atoms with Crippen molar-refractivity contribution in [2.24, 2.45) is 23.2 Å². The lowest BCUT2D eigenvalue weighted by Gasteiger charge is -2.58. The fraction of sp³-hybridized carbons (Fsp3) is 0.682. The van der Waals surface area contributed by atoms with E-state index in [9.17, 15) is 9.59 Å². The number of pyridine rings is 1. The first-order chi connectivity index (χ1) is 13.4. The lowest BCUT2D eigenvalue weighted by Crippen LogP contribution is -2.57. The minimum Gasteiger partial charge on any atom is -0.446 e. The van der Waals surface area contributed by atoms with Crippen molar-refractivity contribution in [3.63, 3.8) is 0 Å². The smallest absolute Gasteiger partial charge is 0.410 e. The van der Waals surface area contributed by atoms with E-state index in [-0.39, 0.29) is 17.6 Å². The van der Waals surface area contributed by atoms with Gasteiger partial charge >= 0.3 is 6.09 Å². The number of carbonyl (C=O) groups excluding carboxylic acids is 2. The lowest BCUT2D eigenvalue weighted by molar-refractivity contribution is -0.153. The van der Waals surface area contributed by atoms with E-state index in [2.05, 4.69) is 17.1 Å². The number of hydrogen-bond acceptors (Lipinski definition) is 4. The molecule has 1 aliphatic heterocycles. The fourth-order valence-corrected chi connectivity index (χ4v) is 7.15. The first kappa shape index (κ1) is 18.8. The number of aromatic nitrogens is 1. The van der Waals surface area contributed by atoms with E-state index in [1.165, 1.54) is 0 Å². The predicted octanol–water partition coefficient (Wildman–Crippen LogP) is 4.47. The number of hydrogen-bond donors (Lipinski definition) is 0. The third-order valence-corrected chi connectivity index (χ3v) is 8.78. The van der Waals surface area contributed by atoms with Gasteiger partial charge in [-0.2, -0.15) is 0 Å². The molecular formula is C22H27IN2O3. The fourth-order valence-electron chi connectivity index (χ4n) is 6.49. The molecule has 3 atom stereocenters. The maximum absolute atomic E-state index is 12.9. The van der Waals surface area contributed by atoms with Gasteiger partial charge in [0.2, 0.25) is 0 Å². The van der Waals surface area contributed by atoms with Crippen LogP contribution in [0.15, 0.2) is 18.3 Å². The van der Waals surface area contributed by atoms with Crippen molar-refractivity contribution in [1.29, 1.82) is 0 Å². The molecule has 6 rings (SSSR count). The summed E-state index contributed by atoms with van der Waals surface area (Å²) in [4.78, 5) is 31.6. The SMILES string of the molecule is Cc1ccc(C2CCN(C(=O)OC3C4CC5CC3CC(C(=O)I)(C5)C4)C2)nc1. The normalized spacial score (nSPS) is 38.6. The zero-order chi connectivity index (χ0) is 19.5. The van der Waals surface area contributed by atoms with E-state index >= 15 is 0 Å². The number of nitrogens with zero attached hydrogens (tertiary/aromatic N) is 2. The Bertz CT molecular complexity index is 779. The Morgan fingerprint density at radius 2 is 1.96 bits per heavy atom. The number of amides is 1. The Hall–Kier alpha value is -1.18. The molecule has 4 aliphatic carbocycles. The second kappa shape index (κ2) is 6.96. The van der Waals surface area contributed by atoms with Crippen LogP contribution in [0.25, 0.3) is 0 Å². The highest BCUT2D eigenvalue weighted by molar-refractivity contribution is 14.1. The molecule has 2 heterocycles. The molecular weight excluding hydrogens is 467 g/mol. The largest absolute Gasteiger partial charge is 0.446 e. The van der Waals surface area contributed by atoms with Crippen molar-refractivity contribution in [3.05, 3.63) is 29.6 Å². The van der Waals surface area contributed by atoms with Gasteiger partial charge in [0.15, 0.2) is 3.79 Å². The van der Waals surface area contributed by atoms with Crippen molar-refractivity contribution >= 4 is 32.5 Å². The highest BCUT2D eigenvalue weighted by atomic mass is 127. The summed E-state index contributed by atoms with van der Waals surface area (Å²) in [6.45, 7) is 3.46. The van der Waals surface area contributed by atoms with Crippen LogP contribution in [0.5, 0.6) is 0 Å². The van der Waals surface area contributed by atoms with Gasteiger partial charge in [0.25, 0.3) is 0 Å². The first-order valence-electron chi connectivity index (χ1n) is 10.5. The molecule has 5 fully saturated rings. The Morgan fingerprint density at radius 1 is 1.21 bits per heavy atom. The van der Waals surface area contributed by atoms with Crippen molar-refractivity contribution in [3.8, 4) is 0 Å². The van der Waals surface area contributed by atoms with Crippen molar-refractivity contribution in [2.75, 3.05) is 13.1 Å². The van der Waals surface area contributed by atoms with Crippen LogP contribution in [0.4, 0.5) is 4.79 Å². The minimum atomic E-state index is -0.165. The van der Waals surface area contributed by atoms with Crippen molar-refractivity contribution < 1.29 is 14.3 Å². The third kappa shape index (κ3) is 3.15. The standard InChI is InChI=1S/C22H27IN2O3/c1-13-2-3-18(24-11-13)15-4-5-25(12-15)21(27)28-19-16-6-14-7-17(19)10-22(8-14,9-16)20(23)26/h2-3,11,14-17,19H,4-10,12H2,1H3. The van der Waals surface area contributed by atoms with Crippen LogP contribution >= 0.6 is 22.6 Å². The van der Waals surface area contributed by atoms with E-state index in [0.29, 0.717) is 34.0 Å². The van der Waals surface area contributed by atoms with Gasteiger partial charge in [-0.05, 0) is 74.8 Å². The van der Waals surface area contributed by atoms with Crippen LogP contribution in [0.1, 0.15) is 55.7 Å². The zero-order valence-electron chi connectivity index (χ0n) is 16.3. The predicted molar refractivity (Wildman–Crippen MR) is 113 cm³/mol. The second-order valence-corrected chi connectivity index (χ2v) is 10.5. The maximum atomic E-state index is 12.9. The summed E-state index contributed by atoms with van der Waals surface area (Å²) < 4.78 is 6.41. The molecule has 1 aromatic rings. The van der Waals surface area contributed by atoms with Gasteiger partial charge in [0.05, 0.1) is 0 Å². The molecule has 5 nitrogen and oxygen atoms in total. The van der Waals surface area contributed by atoms with E-state index in [4.69, 9.17) is 4.74 Å². The van der Waals surface area contributed by atoms with E-state index in [1.54, 1.807) is 0 Å². The number of carbonyl (C=O) groups is 2. The van der Waals surface area contributed by atoms with E-state index in [1.807, 2.05) is 40.6 Å². The number of aryl methyl sites for hydroxylation is 1. The van der Waals surface area contributed by atoms with E-state index < -0.39 is 0 Å². The molecule has 4 bridgehead atoms. The molecule has 0 radical (unpaired) electrons. The first-order valence-corrected chi connectivity index (χ1v) is 11.6. The Labute approximate surface area is 179 Å². The summed E-state index contributed by atoms with van der Waals surface area (Å²) >= 11 is 2.00. The summed E-state index contributed by atoms with van der Waals surface area (Å²) in [5.41, 5.74) is 2.09. The van der Waals surface area contributed by atoms with Gasteiger partial charge in [0.1, 0.15) is 6.10 Å². The molecule has 150 valence electrons. The van der Waals surface area contributed by atoms with E-state index in [0.717, 1.165) is 56.3 Å². The molecule has 0 spiro atoms. The summed E-state index contributed by atoms with van der Waals surface area (Å²) in [6.07, 6.45) is 7.80. The highest BCUT2D eigenvalue weighted by Gasteiger charge is 2.59. The second-order valence-electron chi connectivity index (χ2n) is 9.56. The molecule has 28 heavy (non-hydrogen) atoms. The topological polar surface area (TPSA) is 59.5 Å². The molecule has 5 aliphatic rings. The number of halogens is 1. The molecule has 6 heteroatoms. The van der Waals surface area contributed by atoms with Gasteiger partial charge in [-0.3, -0.25) is 9.78 Å². The van der Waals surface area contributed by atoms with Gasteiger partial charge < -0.3 is 9.64 Å². The van der Waals surface area contributed by atoms with Gasteiger partial charge in [-0.15, -0.1) is 0 Å². The molecule has 1 saturated heterocycles. The lowest BCUT2D eigenvalue weighted by atomic mass is 9.49. The minimum absolute atomic E-state index is 0.00414. The van der Waals surface area contributed by atoms with Crippen LogP contribution < -0.4 is 0 Å².